The van der Waals surface area contributed by atoms with Crippen molar-refractivity contribution in [2.24, 2.45) is 0 Å². The Kier molecular flexibility index (Phi) is 8.06. The van der Waals surface area contributed by atoms with Gasteiger partial charge in [0, 0.05) is 32.2 Å². The SMILES string of the molecule is FC(F)(F)C1CN(C(CNCc2ccccc2)c2ccccc2)CC(C(F)(F)F)N1C1c2ccccc2-c2ccccc21. The summed E-state index contributed by atoms with van der Waals surface area (Å²) >= 11 is 0. The first-order valence-electron chi connectivity index (χ1n) is 14.3. The quantitative estimate of drug-likeness (QED) is 0.220. The van der Waals surface area contributed by atoms with Gasteiger partial charge in [0.15, 0.2) is 0 Å². The molecule has 224 valence electrons. The first-order chi connectivity index (χ1) is 20.6. The molecule has 0 bridgehead atoms. The van der Waals surface area contributed by atoms with Gasteiger partial charge in [-0.3, -0.25) is 9.80 Å². The Morgan fingerprint density at radius 3 is 1.60 bits per heavy atom. The Labute approximate surface area is 246 Å². The van der Waals surface area contributed by atoms with E-state index in [4.69, 9.17) is 0 Å². The maximum absolute atomic E-state index is 15.0. The highest BCUT2D eigenvalue weighted by molar-refractivity contribution is 5.78. The molecule has 3 atom stereocenters. The van der Waals surface area contributed by atoms with Crippen LogP contribution in [0.2, 0.25) is 0 Å². The topological polar surface area (TPSA) is 18.5 Å². The largest absolute Gasteiger partial charge is 0.405 e. The van der Waals surface area contributed by atoms with Gasteiger partial charge in [0.1, 0.15) is 12.1 Å². The van der Waals surface area contributed by atoms with Crippen LogP contribution < -0.4 is 5.32 Å². The highest BCUT2D eigenvalue weighted by Crippen LogP contribution is 2.51. The molecule has 6 rings (SSSR count). The maximum atomic E-state index is 15.0. The van der Waals surface area contributed by atoms with E-state index in [1.807, 2.05) is 30.3 Å². The van der Waals surface area contributed by atoms with Gasteiger partial charge in [0.25, 0.3) is 0 Å². The molecular formula is C34H31F6N3. The smallest absolute Gasteiger partial charge is 0.311 e. The molecule has 43 heavy (non-hydrogen) atoms. The van der Waals surface area contributed by atoms with Crippen molar-refractivity contribution >= 4 is 0 Å². The van der Waals surface area contributed by atoms with Crippen molar-refractivity contribution in [3.8, 4) is 11.1 Å². The molecule has 1 aliphatic heterocycles. The van der Waals surface area contributed by atoms with E-state index < -0.39 is 49.6 Å². The standard InChI is InChI=1S/C34H31F6N3/c35-33(36,37)30-21-42(29(24-13-5-2-6-14-24)20-41-19-23-11-3-1-4-12-23)22-31(34(38,39)40)43(30)32-27-17-9-7-15-25(27)26-16-8-10-18-28(26)32/h1-18,29-32,41H,19-22H2. The third kappa shape index (κ3) is 5.94. The van der Waals surface area contributed by atoms with Crippen molar-refractivity contribution in [1.82, 2.24) is 15.1 Å². The van der Waals surface area contributed by atoms with Gasteiger partial charge in [0.2, 0.25) is 0 Å². The Morgan fingerprint density at radius 2 is 1.09 bits per heavy atom. The Bertz CT molecular complexity index is 1450. The summed E-state index contributed by atoms with van der Waals surface area (Å²) in [5.74, 6) is 0. The second-order valence-electron chi connectivity index (χ2n) is 11.1. The van der Waals surface area contributed by atoms with E-state index in [9.17, 15) is 0 Å². The fraction of sp³-hybridized carbons (Fsp3) is 0.294. The first-order valence-corrected chi connectivity index (χ1v) is 14.3. The van der Waals surface area contributed by atoms with Crippen LogP contribution in [0.1, 0.15) is 34.3 Å². The number of halogens is 6. The fourth-order valence-corrected chi connectivity index (χ4v) is 6.62. The van der Waals surface area contributed by atoms with Crippen molar-refractivity contribution < 1.29 is 26.3 Å². The molecule has 0 amide bonds. The zero-order valence-electron chi connectivity index (χ0n) is 23.2. The summed E-state index contributed by atoms with van der Waals surface area (Å²) in [4.78, 5) is 2.06. The molecule has 1 N–H and O–H groups in total. The minimum absolute atomic E-state index is 0.184. The maximum Gasteiger partial charge on any atom is 0.405 e. The van der Waals surface area contributed by atoms with E-state index in [1.54, 1.807) is 78.9 Å². The number of fused-ring (bicyclic) bond motifs is 3. The Hall–Kier alpha value is -3.66. The third-order valence-corrected chi connectivity index (χ3v) is 8.52. The molecule has 0 radical (unpaired) electrons. The van der Waals surface area contributed by atoms with Crippen molar-refractivity contribution in [1.29, 1.82) is 0 Å². The Morgan fingerprint density at radius 1 is 0.628 bits per heavy atom. The lowest BCUT2D eigenvalue weighted by atomic mass is 9.93. The Balaban J connectivity index is 1.40. The van der Waals surface area contributed by atoms with Crippen LogP contribution in [0.15, 0.2) is 109 Å². The average Bonchev–Trinajstić information content (AvgIpc) is 3.33. The number of hydrogen-bond donors (Lipinski definition) is 1. The monoisotopic (exact) mass is 595 g/mol. The van der Waals surface area contributed by atoms with Crippen molar-refractivity contribution in [3.63, 3.8) is 0 Å². The lowest BCUT2D eigenvalue weighted by molar-refractivity contribution is -0.262. The molecule has 4 aromatic rings. The van der Waals surface area contributed by atoms with E-state index in [0.717, 1.165) is 5.56 Å². The van der Waals surface area contributed by atoms with Crippen LogP contribution in [-0.2, 0) is 6.54 Å². The predicted molar refractivity (Wildman–Crippen MR) is 154 cm³/mol. The molecule has 2 aliphatic rings. The first kappa shape index (κ1) is 29.4. The van der Waals surface area contributed by atoms with E-state index in [-0.39, 0.29) is 6.54 Å². The average molecular weight is 596 g/mol. The van der Waals surface area contributed by atoms with Gasteiger partial charge in [-0.15, -0.1) is 0 Å². The molecule has 1 fully saturated rings. The van der Waals surface area contributed by atoms with Crippen LogP contribution in [-0.4, -0.2) is 53.9 Å². The number of nitrogens with zero attached hydrogens (tertiary/aromatic N) is 2. The lowest BCUT2D eigenvalue weighted by Crippen LogP contribution is -2.68. The molecule has 0 aromatic heterocycles. The molecule has 1 saturated heterocycles. The lowest BCUT2D eigenvalue weighted by Gasteiger charge is -2.52. The van der Waals surface area contributed by atoms with Gasteiger partial charge in [-0.25, -0.2) is 0 Å². The van der Waals surface area contributed by atoms with E-state index >= 15 is 26.3 Å². The molecule has 1 aliphatic carbocycles. The molecule has 0 saturated carbocycles. The van der Waals surface area contributed by atoms with Crippen molar-refractivity contribution in [3.05, 3.63) is 131 Å². The minimum atomic E-state index is -4.91. The summed E-state index contributed by atoms with van der Waals surface area (Å²) in [5, 5.41) is 3.28. The van der Waals surface area contributed by atoms with Gasteiger partial charge in [-0.05, 0) is 33.4 Å². The van der Waals surface area contributed by atoms with Crippen LogP contribution >= 0.6 is 0 Å². The number of rotatable bonds is 7. The van der Waals surface area contributed by atoms with Gasteiger partial charge >= 0.3 is 12.4 Å². The molecule has 3 unspecified atom stereocenters. The number of hydrogen-bond acceptors (Lipinski definition) is 3. The number of nitrogens with one attached hydrogen (secondary N) is 1. The molecule has 3 nitrogen and oxygen atoms in total. The van der Waals surface area contributed by atoms with Crippen LogP contribution in [0.5, 0.6) is 0 Å². The molecular weight excluding hydrogens is 564 g/mol. The molecule has 9 heteroatoms. The molecule has 1 heterocycles. The normalized spacial score (nSPS) is 20.5. The van der Waals surface area contributed by atoms with Crippen LogP contribution in [0.25, 0.3) is 11.1 Å². The number of benzene rings is 4. The van der Waals surface area contributed by atoms with Crippen molar-refractivity contribution in [2.45, 2.75) is 43.1 Å². The van der Waals surface area contributed by atoms with E-state index in [1.165, 1.54) is 4.90 Å². The van der Waals surface area contributed by atoms with Gasteiger partial charge in [0.05, 0.1) is 6.04 Å². The molecule has 0 spiro atoms. The fourth-order valence-electron chi connectivity index (χ4n) is 6.62. The second kappa shape index (κ2) is 11.8. The van der Waals surface area contributed by atoms with Crippen molar-refractivity contribution in [2.75, 3.05) is 19.6 Å². The van der Waals surface area contributed by atoms with Crippen LogP contribution in [0, 0.1) is 0 Å². The highest BCUT2D eigenvalue weighted by atomic mass is 19.4. The van der Waals surface area contributed by atoms with Gasteiger partial charge in [-0.1, -0.05) is 109 Å². The zero-order valence-corrected chi connectivity index (χ0v) is 23.2. The summed E-state index contributed by atoms with van der Waals surface area (Å²) in [7, 11) is 0. The third-order valence-electron chi connectivity index (χ3n) is 8.52. The van der Waals surface area contributed by atoms with Crippen LogP contribution in [0.3, 0.4) is 0 Å². The summed E-state index contributed by atoms with van der Waals surface area (Å²) < 4.78 is 90.1. The predicted octanol–water partition coefficient (Wildman–Crippen LogP) is 7.77. The van der Waals surface area contributed by atoms with Crippen LogP contribution in [0.4, 0.5) is 26.3 Å². The number of alkyl halides is 6. The van der Waals surface area contributed by atoms with E-state index in [0.29, 0.717) is 39.3 Å². The highest BCUT2D eigenvalue weighted by Gasteiger charge is 2.60. The summed E-state index contributed by atoms with van der Waals surface area (Å²) in [6.45, 7) is -0.568. The van der Waals surface area contributed by atoms with Gasteiger partial charge < -0.3 is 5.32 Å². The van der Waals surface area contributed by atoms with E-state index in [2.05, 4.69) is 5.32 Å². The second-order valence-corrected chi connectivity index (χ2v) is 11.1. The number of piperazine rings is 1. The zero-order chi connectivity index (χ0) is 30.2. The molecule has 4 aromatic carbocycles. The van der Waals surface area contributed by atoms with Gasteiger partial charge in [-0.2, -0.15) is 26.3 Å². The summed E-state index contributed by atoms with van der Waals surface area (Å²) in [5.41, 5.74) is 3.89. The summed E-state index contributed by atoms with van der Waals surface area (Å²) in [6, 6.07) is 25.4. The summed E-state index contributed by atoms with van der Waals surface area (Å²) in [6.07, 6.45) is -9.82. The minimum Gasteiger partial charge on any atom is -0.311 e.